The third kappa shape index (κ3) is 4.32. The van der Waals surface area contributed by atoms with E-state index in [0.717, 1.165) is 18.2 Å². The highest BCUT2D eigenvalue weighted by Crippen LogP contribution is 2.42. The smallest absolute Gasteiger partial charge is 0.342 e. The molecule has 1 unspecified atom stereocenters. The lowest BCUT2D eigenvalue weighted by Crippen LogP contribution is -2.18. The first-order valence-electron chi connectivity index (χ1n) is 7.94. The second-order valence-corrected chi connectivity index (χ2v) is 6.21. The Morgan fingerprint density at radius 3 is 2.46 bits per heavy atom. The fraction of sp³-hybridized carbons (Fsp3) is 0.222. The second kappa shape index (κ2) is 8.57. The van der Waals surface area contributed by atoms with Gasteiger partial charge in [-0.1, -0.05) is 11.6 Å². The zero-order valence-electron chi connectivity index (χ0n) is 14.9. The molecule has 0 fully saturated rings. The van der Waals surface area contributed by atoms with Crippen molar-refractivity contribution in [2.24, 2.45) is 0 Å². The average molecular weight is 412 g/mol. The molecule has 5 N–H and O–H groups in total. The van der Waals surface area contributed by atoms with E-state index in [-0.39, 0.29) is 45.5 Å². The van der Waals surface area contributed by atoms with E-state index in [9.17, 15) is 30.0 Å². The first-order valence-corrected chi connectivity index (χ1v) is 8.31. The van der Waals surface area contributed by atoms with Gasteiger partial charge in [0.15, 0.2) is 11.5 Å². The number of nitrogens with one attached hydrogen (secondary N) is 1. The minimum atomic E-state index is -0.920. The third-order valence-corrected chi connectivity index (χ3v) is 4.13. The largest absolute Gasteiger partial charge is 0.507 e. The normalized spacial score (nSPS) is 11.5. The number of anilines is 1. The molecule has 0 aliphatic heterocycles. The fourth-order valence-corrected chi connectivity index (χ4v) is 2.74. The van der Waals surface area contributed by atoms with Crippen LogP contribution in [0.1, 0.15) is 22.8 Å². The molecule has 0 radical (unpaired) electrons. The summed E-state index contributed by atoms with van der Waals surface area (Å²) in [4.78, 5) is 22.9. The van der Waals surface area contributed by atoms with Crippen LogP contribution in [0.4, 0.5) is 5.69 Å². The van der Waals surface area contributed by atoms with Crippen molar-refractivity contribution >= 4 is 29.7 Å². The molecule has 0 aliphatic rings. The number of aromatic hydroxyl groups is 4. The molecule has 0 aromatic heterocycles. The van der Waals surface area contributed by atoms with Crippen LogP contribution >= 0.6 is 11.6 Å². The number of carbonyl (C=O) groups excluding carboxylic acids is 2. The van der Waals surface area contributed by atoms with E-state index < -0.39 is 23.6 Å². The molecule has 0 heterocycles. The van der Waals surface area contributed by atoms with Gasteiger partial charge in [-0.2, -0.15) is 0 Å². The van der Waals surface area contributed by atoms with Crippen LogP contribution in [0.2, 0.25) is 5.02 Å². The number of carbonyl (C=O) groups is 2. The molecule has 28 heavy (non-hydrogen) atoms. The van der Waals surface area contributed by atoms with Crippen molar-refractivity contribution in [3.8, 4) is 28.7 Å². The Bertz CT molecular complexity index is 915. The maximum atomic E-state index is 12.3. The quantitative estimate of drug-likeness (QED) is 0.202. The van der Waals surface area contributed by atoms with Crippen molar-refractivity contribution in [2.75, 3.05) is 12.4 Å². The molecular formula is C18H18ClNO8. The van der Waals surface area contributed by atoms with Crippen molar-refractivity contribution in [2.45, 2.75) is 19.4 Å². The number of phenolic OH excluding ortho intramolecular Hbond substituents is 4. The van der Waals surface area contributed by atoms with Crippen molar-refractivity contribution < 1.29 is 39.5 Å². The van der Waals surface area contributed by atoms with E-state index in [1.54, 1.807) is 0 Å². The molecule has 2 aromatic rings. The number of methoxy groups -OCH3 is 1. The second-order valence-electron chi connectivity index (χ2n) is 5.81. The van der Waals surface area contributed by atoms with Crippen molar-refractivity contribution in [3.05, 3.63) is 34.3 Å². The van der Waals surface area contributed by atoms with Gasteiger partial charge in [-0.25, -0.2) is 4.79 Å². The van der Waals surface area contributed by atoms with Crippen LogP contribution < -0.4 is 10.1 Å². The van der Waals surface area contributed by atoms with Crippen LogP contribution in [-0.2, 0) is 16.0 Å². The molecule has 0 bridgehead atoms. The zero-order valence-corrected chi connectivity index (χ0v) is 15.6. The molecule has 2 rings (SSSR count). The molecule has 10 heteroatoms. The van der Waals surface area contributed by atoms with E-state index >= 15 is 0 Å². The SMILES string of the molecule is COc1c(O)cc(NC=O)c(O)c1CC(C)OC(=O)c1cc(Cl)c(O)cc1O. The van der Waals surface area contributed by atoms with Gasteiger partial charge >= 0.3 is 5.97 Å². The third-order valence-electron chi connectivity index (χ3n) is 3.83. The lowest BCUT2D eigenvalue weighted by molar-refractivity contribution is -0.105. The molecule has 2 aromatic carbocycles. The molecule has 0 aliphatic carbocycles. The summed E-state index contributed by atoms with van der Waals surface area (Å²) in [6, 6.07) is 3.07. The Hall–Kier alpha value is -3.33. The van der Waals surface area contributed by atoms with Crippen molar-refractivity contribution in [3.63, 3.8) is 0 Å². The monoisotopic (exact) mass is 411 g/mol. The number of phenols is 4. The molecule has 150 valence electrons. The molecule has 0 saturated carbocycles. The molecule has 1 amide bonds. The minimum absolute atomic E-state index is 0.0487. The van der Waals surface area contributed by atoms with Crippen LogP contribution in [0.5, 0.6) is 28.7 Å². The first-order chi connectivity index (χ1) is 13.2. The van der Waals surface area contributed by atoms with Gasteiger partial charge in [0.1, 0.15) is 28.9 Å². The van der Waals surface area contributed by atoms with E-state index in [1.807, 2.05) is 0 Å². The predicted molar refractivity (Wildman–Crippen MR) is 99.4 cm³/mol. The maximum Gasteiger partial charge on any atom is 0.342 e. The Morgan fingerprint density at radius 2 is 1.86 bits per heavy atom. The van der Waals surface area contributed by atoms with Gasteiger partial charge in [-0.05, 0) is 13.0 Å². The van der Waals surface area contributed by atoms with Gasteiger partial charge in [0.2, 0.25) is 6.41 Å². The summed E-state index contributed by atoms with van der Waals surface area (Å²) in [5, 5.41) is 41.7. The van der Waals surface area contributed by atoms with Crippen LogP contribution in [-0.4, -0.2) is 46.0 Å². The number of rotatable bonds is 7. The first kappa shape index (κ1) is 21.0. The number of hydrogen-bond donors (Lipinski definition) is 5. The van der Waals surface area contributed by atoms with Gasteiger partial charge in [0.25, 0.3) is 0 Å². The van der Waals surface area contributed by atoms with E-state index in [4.69, 9.17) is 21.1 Å². The molecule has 9 nitrogen and oxygen atoms in total. The number of amides is 1. The van der Waals surface area contributed by atoms with Gasteiger partial charge in [-0.15, -0.1) is 0 Å². The van der Waals surface area contributed by atoms with Crippen molar-refractivity contribution in [1.29, 1.82) is 0 Å². The van der Waals surface area contributed by atoms with E-state index in [1.165, 1.54) is 14.0 Å². The fourth-order valence-electron chi connectivity index (χ4n) is 2.58. The Kier molecular flexibility index (Phi) is 6.42. The number of esters is 1. The lowest BCUT2D eigenvalue weighted by Gasteiger charge is -2.19. The van der Waals surface area contributed by atoms with E-state index in [2.05, 4.69) is 5.32 Å². The van der Waals surface area contributed by atoms with Crippen LogP contribution in [0.25, 0.3) is 0 Å². The molecule has 0 spiro atoms. The number of benzene rings is 2. The summed E-state index contributed by atoms with van der Waals surface area (Å²) in [5.74, 6) is -2.58. The van der Waals surface area contributed by atoms with Crippen LogP contribution in [0.15, 0.2) is 18.2 Å². The van der Waals surface area contributed by atoms with Gasteiger partial charge in [-0.3, -0.25) is 4.79 Å². The Balaban J connectivity index is 2.27. The minimum Gasteiger partial charge on any atom is -0.507 e. The number of ether oxygens (including phenoxy) is 2. The highest BCUT2D eigenvalue weighted by atomic mass is 35.5. The van der Waals surface area contributed by atoms with Gasteiger partial charge < -0.3 is 35.2 Å². The number of halogens is 1. The number of hydrogen-bond acceptors (Lipinski definition) is 8. The zero-order chi connectivity index (χ0) is 21.0. The summed E-state index contributed by atoms with van der Waals surface area (Å²) in [6.07, 6.45) is -0.606. The summed E-state index contributed by atoms with van der Waals surface area (Å²) < 4.78 is 10.3. The molecule has 0 saturated heterocycles. The topological polar surface area (TPSA) is 146 Å². The standard InChI is InChI=1S/C18H18ClNO8/c1-8(28-18(26)9-4-11(19)14(23)6-13(9)22)3-10-16(25)12(20-7-21)5-15(24)17(10)27-2/h4-8,22-25H,3H2,1-2H3,(H,20,21). The predicted octanol–water partition coefficient (Wildman–Crippen LogP) is 2.53. The van der Waals surface area contributed by atoms with Gasteiger partial charge in [0, 0.05) is 24.1 Å². The molecular weight excluding hydrogens is 394 g/mol. The Morgan fingerprint density at radius 1 is 1.18 bits per heavy atom. The highest BCUT2D eigenvalue weighted by molar-refractivity contribution is 6.32. The Labute approximate surface area is 164 Å². The van der Waals surface area contributed by atoms with Crippen LogP contribution in [0.3, 0.4) is 0 Å². The average Bonchev–Trinajstić information content (AvgIpc) is 2.62. The summed E-state index contributed by atoms with van der Waals surface area (Å²) in [6.45, 7) is 1.51. The van der Waals surface area contributed by atoms with Gasteiger partial charge in [0.05, 0.1) is 17.8 Å². The van der Waals surface area contributed by atoms with Crippen LogP contribution in [0, 0.1) is 0 Å². The highest BCUT2D eigenvalue weighted by Gasteiger charge is 2.23. The lowest BCUT2D eigenvalue weighted by atomic mass is 10.0. The maximum absolute atomic E-state index is 12.3. The molecule has 1 atom stereocenters. The van der Waals surface area contributed by atoms with E-state index in [0.29, 0.717) is 6.41 Å². The summed E-state index contributed by atoms with van der Waals surface area (Å²) in [7, 11) is 1.28. The summed E-state index contributed by atoms with van der Waals surface area (Å²) >= 11 is 5.74. The summed E-state index contributed by atoms with van der Waals surface area (Å²) in [5.41, 5.74) is -0.213. The van der Waals surface area contributed by atoms with Crippen molar-refractivity contribution in [1.82, 2.24) is 0 Å².